The molecule has 0 amide bonds. The molecule has 0 aromatic carbocycles. The molecular formula is C13H17ClN6. The van der Waals surface area contributed by atoms with Crippen LogP contribution in [0.1, 0.15) is 24.1 Å². The quantitative estimate of drug-likeness (QED) is 0.690. The van der Waals surface area contributed by atoms with Crippen LogP contribution in [0.15, 0.2) is 12.3 Å². The second kappa shape index (κ2) is 4.94. The summed E-state index contributed by atoms with van der Waals surface area (Å²) >= 11 is 6.05. The molecular weight excluding hydrogens is 276 g/mol. The summed E-state index contributed by atoms with van der Waals surface area (Å²) in [6.07, 6.45) is 2.66. The molecule has 3 aromatic rings. The van der Waals surface area contributed by atoms with Gasteiger partial charge in [0.1, 0.15) is 11.3 Å². The summed E-state index contributed by atoms with van der Waals surface area (Å²) in [5.41, 5.74) is 4.08. The third-order valence-electron chi connectivity index (χ3n) is 3.57. The van der Waals surface area contributed by atoms with Crippen molar-refractivity contribution in [2.24, 2.45) is 14.1 Å². The monoisotopic (exact) mass is 292 g/mol. The number of imidazole rings is 1. The van der Waals surface area contributed by atoms with Crippen LogP contribution >= 0.6 is 11.6 Å². The largest absolute Gasteiger partial charge is 0.306 e. The van der Waals surface area contributed by atoms with E-state index in [1.165, 1.54) is 0 Å². The molecule has 3 heterocycles. The Morgan fingerprint density at radius 2 is 2.05 bits per heavy atom. The van der Waals surface area contributed by atoms with Crippen molar-refractivity contribution >= 4 is 22.8 Å². The third kappa shape index (κ3) is 1.91. The van der Waals surface area contributed by atoms with E-state index in [4.69, 9.17) is 11.6 Å². The van der Waals surface area contributed by atoms with Crippen LogP contribution in [0.5, 0.6) is 0 Å². The zero-order valence-corrected chi connectivity index (χ0v) is 12.6. The van der Waals surface area contributed by atoms with E-state index in [1.807, 2.05) is 29.5 Å². The lowest BCUT2D eigenvalue weighted by atomic mass is 10.3. The van der Waals surface area contributed by atoms with Crippen molar-refractivity contribution < 1.29 is 0 Å². The van der Waals surface area contributed by atoms with Crippen LogP contribution in [0.25, 0.3) is 11.2 Å². The Kier molecular flexibility index (Phi) is 3.25. The second-order valence-electron chi connectivity index (χ2n) is 4.79. The van der Waals surface area contributed by atoms with E-state index in [2.05, 4.69) is 26.7 Å². The molecule has 3 aromatic heterocycles. The highest BCUT2D eigenvalue weighted by atomic mass is 35.5. The summed E-state index contributed by atoms with van der Waals surface area (Å²) in [6.45, 7) is 2.78. The van der Waals surface area contributed by atoms with Crippen molar-refractivity contribution in [1.82, 2.24) is 29.1 Å². The molecule has 0 bridgehead atoms. The molecule has 0 saturated heterocycles. The molecule has 0 spiro atoms. The average molecular weight is 293 g/mol. The van der Waals surface area contributed by atoms with E-state index in [1.54, 1.807) is 6.20 Å². The maximum absolute atomic E-state index is 6.05. The van der Waals surface area contributed by atoms with Gasteiger partial charge in [-0.25, -0.2) is 4.98 Å². The van der Waals surface area contributed by atoms with Crippen LogP contribution in [-0.2, 0) is 32.9 Å². The van der Waals surface area contributed by atoms with Crippen molar-refractivity contribution in [3.63, 3.8) is 0 Å². The van der Waals surface area contributed by atoms with Crippen LogP contribution in [-0.4, -0.2) is 29.1 Å². The molecule has 0 saturated carbocycles. The van der Waals surface area contributed by atoms with Crippen LogP contribution in [0.2, 0.25) is 0 Å². The predicted molar refractivity (Wildman–Crippen MR) is 77.7 cm³/mol. The number of aryl methyl sites for hydroxylation is 3. The smallest absolute Gasteiger partial charge is 0.159 e. The molecule has 20 heavy (non-hydrogen) atoms. The Hall–Kier alpha value is -1.82. The second-order valence-corrected chi connectivity index (χ2v) is 5.06. The number of hydrogen-bond donors (Lipinski definition) is 0. The Morgan fingerprint density at radius 3 is 2.65 bits per heavy atom. The standard InChI is InChI=1S/C13H17ClN6/c1-4-10-12-13(19(3)17-10)20(11(7-14)16-12)8-9-5-6-15-18(9)2/h5-6H,4,7-8H2,1-3H3. The van der Waals surface area contributed by atoms with E-state index in [9.17, 15) is 0 Å². The van der Waals surface area contributed by atoms with Gasteiger partial charge in [0.2, 0.25) is 0 Å². The highest BCUT2D eigenvalue weighted by Crippen LogP contribution is 2.22. The van der Waals surface area contributed by atoms with Crippen molar-refractivity contribution in [3.8, 4) is 0 Å². The lowest BCUT2D eigenvalue weighted by Crippen LogP contribution is -2.10. The normalized spacial score (nSPS) is 11.6. The molecule has 3 rings (SSSR count). The zero-order chi connectivity index (χ0) is 14.3. The van der Waals surface area contributed by atoms with Crippen LogP contribution in [0, 0.1) is 0 Å². The number of nitrogens with zero attached hydrogens (tertiary/aromatic N) is 6. The number of alkyl halides is 1. The molecule has 0 aliphatic carbocycles. The Bertz CT molecular complexity index is 750. The molecule has 7 heteroatoms. The van der Waals surface area contributed by atoms with Crippen molar-refractivity contribution in [2.75, 3.05) is 0 Å². The van der Waals surface area contributed by atoms with Gasteiger partial charge >= 0.3 is 0 Å². The van der Waals surface area contributed by atoms with E-state index >= 15 is 0 Å². The minimum atomic E-state index is 0.385. The number of rotatable bonds is 4. The first kappa shape index (κ1) is 13.2. The van der Waals surface area contributed by atoms with Gasteiger partial charge in [0.15, 0.2) is 5.65 Å². The van der Waals surface area contributed by atoms with Crippen LogP contribution < -0.4 is 0 Å². The first-order chi connectivity index (χ1) is 9.65. The highest BCUT2D eigenvalue weighted by Gasteiger charge is 2.18. The summed E-state index contributed by atoms with van der Waals surface area (Å²) < 4.78 is 5.86. The third-order valence-corrected chi connectivity index (χ3v) is 3.81. The lowest BCUT2D eigenvalue weighted by molar-refractivity contribution is 0.644. The molecule has 0 atom stereocenters. The van der Waals surface area contributed by atoms with Crippen molar-refractivity contribution in [3.05, 3.63) is 29.5 Å². The maximum Gasteiger partial charge on any atom is 0.159 e. The van der Waals surface area contributed by atoms with E-state index in [0.29, 0.717) is 12.4 Å². The summed E-state index contributed by atoms with van der Waals surface area (Å²) in [6, 6.07) is 2.00. The van der Waals surface area contributed by atoms with Gasteiger partial charge in [-0.15, -0.1) is 11.6 Å². The molecule has 0 fully saturated rings. The van der Waals surface area contributed by atoms with Gasteiger partial charge < -0.3 is 4.57 Å². The fourth-order valence-corrected chi connectivity index (χ4v) is 2.72. The number of hydrogen-bond acceptors (Lipinski definition) is 3. The van der Waals surface area contributed by atoms with Gasteiger partial charge in [0.05, 0.1) is 23.8 Å². The topological polar surface area (TPSA) is 53.5 Å². The zero-order valence-electron chi connectivity index (χ0n) is 11.8. The fraction of sp³-hybridized carbons (Fsp3) is 0.462. The SMILES string of the molecule is CCc1nn(C)c2c1nc(CCl)n2Cc1ccnn1C. The molecule has 0 unspecified atom stereocenters. The van der Waals surface area contributed by atoms with E-state index in [-0.39, 0.29) is 0 Å². The summed E-state index contributed by atoms with van der Waals surface area (Å²) in [7, 11) is 3.88. The minimum absolute atomic E-state index is 0.385. The molecule has 0 aliphatic rings. The molecule has 0 N–H and O–H groups in total. The van der Waals surface area contributed by atoms with Gasteiger partial charge in [-0.1, -0.05) is 6.92 Å². The Balaban J connectivity index is 2.17. The molecule has 0 radical (unpaired) electrons. The van der Waals surface area contributed by atoms with Crippen molar-refractivity contribution in [2.45, 2.75) is 25.8 Å². The van der Waals surface area contributed by atoms with Crippen LogP contribution in [0.3, 0.4) is 0 Å². The summed E-state index contributed by atoms with van der Waals surface area (Å²) in [5, 5.41) is 8.73. The van der Waals surface area contributed by atoms with Gasteiger partial charge in [-0.05, 0) is 12.5 Å². The number of halogens is 1. The minimum Gasteiger partial charge on any atom is -0.306 e. The van der Waals surface area contributed by atoms with Gasteiger partial charge in [0.25, 0.3) is 0 Å². The molecule has 0 aliphatic heterocycles. The van der Waals surface area contributed by atoms with Crippen LogP contribution in [0.4, 0.5) is 0 Å². The molecule has 6 nitrogen and oxygen atoms in total. The first-order valence-electron chi connectivity index (χ1n) is 6.59. The van der Waals surface area contributed by atoms with E-state index in [0.717, 1.165) is 34.8 Å². The van der Waals surface area contributed by atoms with Crippen molar-refractivity contribution in [1.29, 1.82) is 0 Å². The first-order valence-corrected chi connectivity index (χ1v) is 7.13. The Morgan fingerprint density at radius 1 is 1.25 bits per heavy atom. The summed E-state index contributed by atoms with van der Waals surface area (Å²) in [4.78, 5) is 4.65. The average Bonchev–Trinajstić information content (AvgIpc) is 3.08. The summed E-state index contributed by atoms with van der Waals surface area (Å²) in [5.74, 6) is 1.25. The van der Waals surface area contributed by atoms with Gasteiger partial charge in [0, 0.05) is 20.3 Å². The fourth-order valence-electron chi connectivity index (χ4n) is 2.51. The number of fused-ring (bicyclic) bond motifs is 1. The van der Waals surface area contributed by atoms with Gasteiger partial charge in [-0.3, -0.25) is 9.36 Å². The lowest BCUT2D eigenvalue weighted by Gasteiger charge is -2.08. The Labute approximate surface area is 122 Å². The maximum atomic E-state index is 6.05. The molecule has 106 valence electrons. The van der Waals surface area contributed by atoms with E-state index < -0.39 is 0 Å². The van der Waals surface area contributed by atoms with Gasteiger partial charge in [-0.2, -0.15) is 10.2 Å². The predicted octanol–water partition coefficient (Wildman–Crippen LogP) is 1.85. The highest BCUT2D eigenvalue weighted by molar-refractivity contribution is 6.16. The number of aromatic nitrogens is 6.